The molecule has 35 heavy (non-hydrogen) atoms. The Morgan fingerprint density at radius 3 is 2.06 bits per heavy atom. The van der Waals surface area contributed by atoms with Crippen LogP contribution in [0.2, 0.25) is 0 Å². The molecule has 5 rings (SSSR count). The molecule has 3 aliphatic rings. The van der Waals surface area contributed by atoms with E-state index >= 15 is 0 Å². The fourth-order valence-corrected chi connectivity index (χ4v) is 5.57. The minimum atomic E-state index is -0.474. The molecule has 2 aromatic rings. The second-order valence-corrected chi connectivity index (χ2v) is 11.5. The number of hydrogen-bond donors (Lipinski definition) is 0. The van der Waals surface area contributed by atoms with Gasteiger partial charge in [-0.05, 0) is 34.6 Å². The lowest BCUT2D eigenvalue weighted by atomic mass is 9.65. The fraction of sp³-hybridized carbons (Fsp3) is 0.400. The summed E-state index contributed by atoms with van der Waals surface area (Å²) < 4.78 is 26.3. The highest BCUT2D eigenvalue weighted by atomic mass is 19.1. The lowest BCUT2D eigenvalue weighted by Crippen LogP contribution is -2.37. The molecule has 2 aromatic carbocycles. The van der Waals surface area contributed by atoms with Crippen LogP contribution in [0.15, 0.2) is 71.2 Å². The first-order chi connectivity index (χ1) is 16.5. The van der Waals surface area contributed by atoms with E-state index in [1.54, 1.807) is 18.2 Å². The lowest BCUT2D eigenvalue weighted by Gasteiger charge is -2.42. The first-order valence-corrected chi connectivity index (χ1v) is 12.2. The molecule has 0 saturated carbocycles. The summed E-state index contributed by atoms with van der Waals surface area (Å²) >= 11 is 0. The third-order valence-electron chi connectivity index (χ3n) is 7.13. The molecule has 0 saturated heterocycles. The molecule has 0 unspecified atom stereocenters. The molecule has 0 atom stereocenters. The van der Waals surface area contributed by atoms with Crippen LogP contribution in [0.3, 0.4) is 0 Å². The molecular formula is C30H31FO4. The van der Waals surface area contributed by atoms with Gasteiger partial charge in [-0.1, -0.05) is 58.0 Å². The fourth-order valence-electron chi connectivity index (χ4n) is 5.57. The average molecular weight is 475 g/mol. The second kappa shape index (κ2) is 8.47. The van der Waals surface area contributed by atoms with Gasteiger partial charge in [0.25, 0.3) is 0 Å². The Labute approximate surface area is 205 Å². The summed E-state index contributed by atoms with van der Waals surface area (Å²) in [5.41, 5.74) is 2.09. The Morgan fingerprint density at radius 1 is 0.857 bits per heavy atom. The SMILES string of the molecule is CC1(C)CC(=O)C2=C(C1)OC1=C(C(=O)CC(C)(C)C1)C2c1cccc(OCc2ccccc2F)c1. The molecule has 5 heteroatoms. The summed E-state index contributed by atoms with van der Waals surface area (Å²) in [6.45, 7) is 8.38. The van der Waals surface area contributed by atoms with Crippen LogP contribution in [0.5, 0.6) is 5.75 Å². The molecule has 4 nitrogen and oxygen atoms in total. The Bertz CT molecular complexity index is 1230. The van der Waals surface area contributed by atoms with E-state index in [0.29, 0.717) is 59.7 Å². The highest BCUT2D eigenvalue weighted by Gasteiger charge is 2.47. The topological polar surface area (TPSA) is 52.6 Å². The first kappa shape index (κ1) is 23.5. The third kappa shape index (κ3) is 4.56. The molecule has 0 aromatic heterocycles. The van der Waals surface area contributed by atoms with Crippen molar-refractivity contribution in [3.8, 4) is 5.75 Å². The molecule has 182 valence electrons. The van der Waals surface area contributed by atoms with Crippen molar-refractivity contribution in [2.24, 2.45) is 10.8 Å². The van der Waals surface area contributed by atoms with Gasteiger partial charge in [0.15, 0.2) is 11.6 Å². The average Bonchev–Trinajstić information content (AvgIpc) is 2.75. The molecule has 0 bridgehead atoms. The predicted octanol–water partition coefficient (Wildman–Crippen LogP) is 6.80. The summed E-state index contributed by atoms with van der Waals surface area (Å²) in [7, 11) is 0. The van der Waals surface area contributed by atoms with E-state index in [4.69, 9.17) is 9.47 Å². The molecule has 0 fully saturated rings. The van der Waals surface area contributed by atoms with Gasteiger partial charge >= 0.3 is 0 Å². The molecule has 0 radical (unpaired) electrons. The summed E-state index contributed by atoms with van der Waals surface area (Å²) in [4.78, 5) is 26.8. The monoisotopic (exact) mass is 474 g/mol. The van der Waals surface area contributed by atoms with Gasteiger partial charge in [0, 0.05) is 48.3 Å². The zero-order valence-electron chi connectivity index (χ0n) is 20.7. The number of hydrogen-bond acceptors (Lipinski definition) is 4. The minimum Gasteiger partial charge on any atom is -0.489 e. The molecule has 1 aliphatic heterocycles. The van der Waals surface area contributed by atoms with Crippen LogP contribution in [0, 0.1) is 16.6 Å². The molecule has 0 amide bonds. The van der Waals surface area contributed by atoms with Gasteiger partial charge in [0.05, 0.1) is 0 Å². The Hall–Kier alpha value is -3.21. The van der Waals surface area contributed by atoms with Gasteiger partial charge in [0.1, 0.15) is 29.7 Å². The zero-order chi connectivity index (χ0) is 25.0. The number of benzene rings is 2. The molecule has 0 N–H and O–H groups in total. The first-order valence-electron chi connectivity index (χ1n) is 12.2. The van der Waals surface area contributed by atoms with Gasteiger partial charge in [-0.15, -0.1) is 0 Å². The van der Waals surface area contributed by atoms with E-state index < -0.39 is 5.92 Å². The van der Waals surface area contributed by atoms with Crippen molar-refractivity contribution < 1.29 is 23.5 Å². The van der Waals surface area contributed by atoms with Crippen LogP contribution in [-0.4, -0.2) is 11.6 Å². The summed E-state index contributed by atoms with van der Waals surface area (Å²) in [6, 6.07) is 14.0. The number of allylic oxidation sites excluding steroid dienone is 4. The van der Waals surface area contributed by atoms with Crippen molar-refractivity contribution in [3.63, 3.8) is 0 Å². The number of carbonyl (C=O) groups excluding carboxylic acids is 2. The van der Waals surface area contributed by atoms with Gasteiger partial charge in [-0.2, -0.15) is 0 Å². The van der Waals surface area contributed by atoms with Gasteiger partial charge in [-0.3, -0.25) is 9.59 Å². The van der Waals surface area contributed by atoms with E-state index in [2.05, 4.69) is 27.7 Å². The van der Waals surface area contributed by atoms with E-state index in [0.717, 1.165) is 5.56 Å². The normalized spacial score (nSPS) is 21.4. The van der Waals surface area contributed by atoms with Crippen molar-refractivity contribution in [2.75, 3.05) is 0 Å². The third-order valence-corrected chi connectivity index (χ3v) is 7.13. The van der Waals surface area contributed by atoms with Gasteiger partial charge in [0.2, 0.25) is 0 Å². The summed E-state index contributed by atoms with van der Waals surface area (Å²) in [5, 5.41) is 0. The van der Waals surface area contributed by atoms with Crippen molar-refractivity contribution in [1.82, 2.24) is 0 Å². The minimum absolute atomic E-state index is 0.0307. The maximum absolute atomic E-state index is 14.1. The lowest BCUT2D eigenvalue weighted by molar-refractivity contribution is -0.120. The summed E-state index contributed by atoms with van der Waals surface area (Å²) in [5.74, 6) is 1.22. The van der Waals surface area contributed by atoms with E-state index in [-0.39, 0.29) is 34.8 Å². The van der Waals surface area contributed by atoms with Crippen molar-refractivity contribution in [2.45, 2.75) is 65.9 Å². The van der Waals surface area contributed by atoms with Crippen LogP contribution in [0.4, 0.5) is 4.39 Å². The maximum Gasteiger partial charge on any atom is 0.163 e. The highest BCUT2D eigenvalue weighted by molar-refractivity contribution is 6.06. The Kier molecular flexibility index (Phi) is 5.70. The molecular weight excluding hydrogens is 443 g/mol. The predicted molar refractivity (Wildman–Crippen MR) is 131 cm³/mol. The molecule has 2 aliphatic carbocycles. The number of carbonyl (C=O) groups is 2. The van der Waals surface area contributed by atoms with E-state index in [1.165, 1.54) is 6.07 Å². The van der Waals surface area contributed by atoms with Crippen LogP contribution in [-0.2, 0) is 20.9 Å². The van der Waals surface area contributed by atoms with Crippen molar-refractivity contribution in [1.29, 1.82) is 0 Å². The van der Waals surface area contributed by atoms with E-state index in [9.17, 15) is 14.0 Å². The number of rotatable bonds is 4. The number of ketones is 2. The largest absolute Gasteiger partial charge is 0.489 e. The smallest absolute Gasteiger partial charge is 0.163 e. The quantitative estimate of drug-likeness (QED) is 0.489. The molecule has 0 spiro atoms. The van der Waals surface area contributed by atoms with Gasteiger partial charge in [-0.25, -0.2) is 4.39 Å². The molecule has 1 heterocycles. The number of halogens is 1. The van der Waals surface area contributed by atoms with Crippen LogP contribution < -0.4 is 4.74 Å². The van der Waals surface area contributed by atoms with Crippen molar-refractivity contribution >= 4 is 11.6 Å². The maximum atomic E-state index is 14.1. The highest BCUT2D eigenvalue weighted by Crippen LogP contribution is 2.53. The van der Waals surface area contributed by atoms with Gasteiger partial charge < -0.3 is 9.47 Å². The Morgan fingerprint density at radius 2 is 1.46 bits per heavy atom. The zero-order valence-corrected chi connectivity index (χ0v) is 20.7. The van der Waals surface area contributed by atoms with E-state index in [1.807, 2.05) is 24.3 Å². The Balaban J connectivity index is 1.56. The summed E-state index contributed by atoms with van der Waals surface area (Å²) in [6.07, 6.45) is 2.13. The van der Waals surface area contributed by atoms with Crippen molar-refractivity contribution in [3.05, 3.63) is 88.1 Å². The number of ether oxygens (including phenoxy) is 2. The second-order valence-electron chi connectivity index (χ2n) is 11.5. The standard InChI is InChI=1S/C30H31FO4/c1-29(2)13-22(32)27-24(15-29)35-25-16-30(3,4)14-23(33)28(25)26(27)18-9-7-10-20(12-18)34-17-19-8-5-6-11-21(19)31/h5-12,26H,13-17H2,1-4H3. The van der Waals surface area contributed by atoms with Crippen LogP contribution in [0.25, 0.3) is 0 Å². The van der Waals surface area contributed by atoms with Crippen LogP contribution >= 0.6 is 0 Å². The number of Topliss-reactive ketones (excluding diaryl/α,β-unsaturated/α-hetero) is 2. The van der Waals surface area contributed by atoms with Crippen LogP contribution in [0.1, 0.15) is 70.4 Å².